The molecule has 0 bridgehead atoms. The van der Waals surface area contributed by atoms with Gasteiger partial charge in [0, 0.05) is 10.0 Å². The number of aryl methyl sites for hydroxylation is 1. The summed E-state index contributed by atoms with van der Waals surface area (Å²) in [7, 11) is 0. The minimum Gasteiger partial charge on any atom is -0.384 e. The number of benzene rings is 1. The zero-order valence-corrected chi connectivity index (χ0v) is 14.5. The first-order valence-electron chi connectivity index (χ1n) is 4.87. The highest BCUT2D eigenvalue weighted by atomic mass is 79.9. The Morgan fingerprint density at radius 1 is 1.12 bits per heavy atom. The number of hydrogen-bond acceptors (Lipinski definition) is 2. The molecule has 1 heterocycles. The Morgan fingerprint density at radius 2 is 1.82 bits per heavy atom. The van der Waals surface area contributed by atoms with Crippen molar-refractivity contribution in [3.05, 3.63) is 53.0 Å². The number of aliphatic hydroxyl groups is 1. The average Bonchev–Trinajstić information content (AvgIpc) is 2.55. The summed E-state index contributed by atoms with van der Waals surface area (Å²) in [6, 6.07) is 7.90. The van der Waals surface area contributed by atoms with E-state index in [9.17, 15) is 5.11 Å². The maximum absolute atomic E-state index is 10.4. The Hall–Kier alpha value is 0.320. The molecule has 2 rings (SSSR count). The zero-order chi connectivity index (χ0) is 12.6. The van der Waals surface area contributed by atoms with Gasteiger partial charge < -0.3 is 5.11 Å². The van der Waals surface area contributed by atoms with Crippen LogP contribution in [0.2, 0.25) is 0 Å². The molecule has 0 saturated heterocycles. The highest BCUT2D eigenvalue weighted by molar-refractivity contribution is 9.12. The van der Waals surface area contributed by atoms with Crippen LogP contribution in [0.3, 0.4) is 0 Å². The molecule has 0 aliphatic carbocycles. The number of aliphatic hydroxyl groups excluding tert-OH is 1. The summed E-state index contributed by atoms with van der Waals surface area (Å²) in [5.74, 6) is 0. The van der Waals surface area contributed by atoms with E-state index in [1.807, 2.05) is 31.2 Å². The standard InChI is InChI=1S/C12H9Br3OS/c1-6-2-7(4-8(13)3-6)11(16)9-5-10(14)17-12(9)15/h2-5,11,16H,1H3. The van der Waals surface area contributed by atoms with Crippen molar-refractivity contribution >= 4 is 59.1 Å². The number of thiophene rings is 1. The molecule has 0 fully saturated rings. The van der Waals surface area contributed by atoms with Crippen LogP contribution in [0.25, 0.3) is 0 Å². The molecule has 0 radical (unpaired) electrons. The van der Waals surface area contributed by atoms with Gasteiger partial charge in [0.2, 0.25) is 0 Å². The van der Waals surface area contributed by atoms with Crippen LogP contribution in [-0.2, 0) is 0 Å². The predicted molar refractivity (Wildman–Crippen MR) is 82.7 cm³/mol. The van der Waals surface area contributed by atoms with Crippen molar-refractivity contribution in [1.29, 1.82) is 0 Å². The van der Waals surface area contributed by atoms with Crippen LogP contribution < -0.4 is 0 Å². The minimum atomic E-state index is -0.608. The van der Waals surface area contributed by atoms with Gasteiger partial charge in [0.05, 0.1) is 7.57 Å². The third-order valence-corrected chi connectivity index (χ3v) is 5.20. The van der Waals surface area contributed by atoms with Gasteiger partial charge in [0.25, 0.3) is 0 Å². The zero-order valence-electron chi connectivity index (χ0n) is 8.88. The molecule has 1 N–H and O–H groups in total. The lowest BCUT2D eigenvalue weighted by molar-refractivity contribution is 0.220. The van der Waals surface area contributed by atoms with Crippen molar-refractivity contribution in [3.63, 3.8) is 0 Å². The number of halogens is 3. The van der Waals surface area contributed by atoms with Gasteiger partial charge in [-0.25, -0.2) is 0 Å². The Bertz CT molecular complexity index is 530. The predicted octanol–water partition coefficient (Wildman–Crippen LogP) is 5.43. The van der Waals surface area contributed by atoms with E-state index >= 15 is 0 Å². The first-order chi connectivity index (χ1) is 7.97. The number of rotatable bonds is 2. The van der Waals surface area contributed by atoms with Crippen LogP contribution in [0.15, 0.2) is 36.3 Å². The van der Waals surface area contributed by atoms with Crippen LogP contribution in [0.1, 0.15) is 22.8 Å². The fourth-order valence-electron chi connectivity index (χ4n) is 1.64. The summed E-state index contributed by atoms with van der Waals surface area (Å²) in [6.45, 7) is 2.01. The highest BCUT2D eigenvalue weighted by Gasteiger charge is 2.17. The molecular formula is C12H9Br3OS. The Morgan fingerprint density at radius 3 is 2.35 bits per heavy atom. The maximum Gasteiger partial charge on any atom is 0.106 e. The van der Waals surface area contributed by atoms with Gasteiger partial charge in [0.15, 0.2) is 0 Å². The lowest BCUT2D eigenvalue weighted by atomic mass is 10.0. The Balaban J connectivity index is 2.43. The second kappa shape index (κ2) is 5.53. The van der Waals surface area contributed by atoms with E-state index in [0.29, 0.717) is 0 Å². The van der Waals surface area contributed by atoms with E-state index in [2.05, 4.69) is 47.8 Å². The van der Waals surface area contributed by atoms with Gasteiger partial charge in [-0.05, 0) is 68.1 Å². The molecule has 17 heavy (non-hydrogen) atoms. The Kier molecular flexibility index (Phi) is 4.47. The van der Waals surface area contributed by atoms with Crippen molar-refractivity contribution in [2.24, 2.45) is 0 Å². The van der Waals surface area contributed by atoms with Crippen LogP contribution in [0, 0.1) is 6.92 Å². The van der Waals surface area contributed by atoms with Gasteiger partial charge >= 0.3 is 0 Å². The molecule has 0 aliphatic heterocycles. The lowest BCUT2D eigenvalue weighted by Crippen LogP contribution is -1.99. The molecule has 0 spiro atoms. The SMILES string of the molecule is Cc1cc(Br)cc(C(O)c2cc(Br)sc2Br)c1. The molecule has 1 unspecified atom stereocenters. The summed E-state index contributed by atoms with van der Waals surface area (Å²) in [5, 5.41) is 10.4. The van der Waals surface area contributed by atoms with Crippen molar-refractivity contribution in [1.82, 2.24) is 0 Å². The molecule has 2 aromatic rings. The van der Waals surface area contributed by atoms with Gasteiger partial charge in [0.1, 0.15) is 6.10 Å². The maximum atomic E-state index is 10.4. The molecule has 1 nitrogen and oxygen atoms in total. The van der Waals surface area contributed by atoms with Crippen molar-refractivity contribution in [2.45, 2.75) is 13.0 Å². The summed E-state index contributed by atoms with van der Waals surface area (Å²) in [6.07, 6.45) is -0.608. The van der Waals surface area contributed by atoms with E-state index < -0.39 is 6.10 Å². The van der Waals surface area contributed by atoms with Crippen LogP contribution in [-0.4, -0.2) is 5.11 Å². The molecule has 1 aromatic carbocycles. The molecular weight excluding hydrogens is 432 g/mol. The third kappa shape index (κ3) is 3.20. The van der Waals surface area contributed by atoms with Crippen LogP contribution in [0.4, 0.5) is 0 Å². The van der Waals surface area contributed by atoms with Crippen LogP contribution in [0.5, 0.6) is 0 Å². The summed E-state index contributed by atoms with van der Waals surface area (Å²) in [5.41, 5.74) is 2.90. The number of hydrogen-bond donors (Lipinski definition) is 1. The van der Waals surface area contributed by atoms with Crippen molar-refractivity contribution < 1.29 is 5.11 Å². The lowest BCUT2D eigenvalue weighted by Gasteiger charge is -2.11. The summed E-state index contributed by atoms with van der Waals surface area (Å²) >= 11 is 11.9. The molecule has 5 heteroatoms. The highest BCUT2D eigenvalue weighted by Crippen LogP contribution is 2.38. The average molecular weight is 441 g/mol. The molecule has 0 aliphatic rings. The van der Waals surface area contributed by atoms with Crippen molar-refractivity contribution in [3.8, 4) is 0 Å². The summed E-state index contributed by atoms with van der Waals surface area (Å²) < 4.78 is 2.94. The normalized spacial score (nSPS) is 12.8. The Labute approximate surface area is 129 Å². The van der Waals surface area contributed by atoms with Crippen molar-refractivity contribution in [2.75, 3.05) is 0 Å². The first kappa shape index (κ1) is 13.7. The van der Waals surface area contributed by atoms with Gasteiger partial charge in [-0.3, -0.25) is 0 Å². The topological polar surface area (TPSA) is 20.2 Å². The third-order valence-electron chi connectivity index (χ3n) is 2.36. The van der Waals surface area contributed by atoms with E-state index in [4.69, 9.17) is 0 Å². The molecule has 1 aromatic heterocycles. The first-order valence-corrected chi connectivity index (χ1v) is 8.07. The molecule has 90 valence electrons. The second-order valence-electron chi connectivity index (χ2n) is 3.74. The fourth-order valence-corrected chi connectivity index (χ4v) is 5.15. The molecule has 1 atom stereocenters. The quantitative estimate of drug-likeness (QED) is 0.660. The van der Waals surface area contributed by atoms with E-state index in [0.717, 1.165) is 28.7 Å². The monoisotopic (exact) mass is 438 g/mol. The van der Waals surface area contributed by atoms with Gasteiger partial charge in [-0.15, -0.1) is 11.3 Å². The van der Waals surface area contributed by atoms with E-state index in [-0.39, 0.29) is 0 Å². The largest absolute Gasteiger partial charge is 0.384 e. The fraction of sp³-hybridized carbons (Fsp3) is 0.167. The van der Waals surface area contributed by atoms with E-state index in [1.165, 1.54) is 0 Å². The van der Waals surface area contributed by atoms with Gasteiger partial charge in [-0.2, -0.15) is 0 Å². The smallest absolute Gasteiger partial charge is 0.106 e. The summed E-state index contributed by atoms with van der Waals surface area (Å²) in [4.78, 5) is 0. The molecule has 0 amide bonds. The molecule has 0 saturated carbocycles. The van der Waals surface area contributed by atoms with E-state index in [1.54, 1.807) is 11.3 Å². The van der Waals surface area contributed by atoms with Gasteiger partial charge in [-0.1, -0.05) is 22.0 Å². The second-order valence-corrected chi connectivity index (χ2v) is 8.41. The minimum absolute atomic E-state index is 0.608. The van der Waals surface area contributed by atoms with Crippen LogP contribution >= 0.6 is 59.1 Å².